The highest BCUT2D eigenvalue weighted by atomic mass is 19.4. The molecule has 1 aliphatic carbocycles. The highest BCUT2D eigenvalue weighted by molar-refractivity contribution is 6.17. The van der Waals surface area contributed by atoms with Crippen LogP contribution < -0.4 is 16.4 Å². The summed E-state index contributed by atoms with van der Waals surface area (Å²) in [6.07, 6.45) is -3.46. The number of halogens is 5. The summed E-state index contributed by atoms with van der Waals surface area (Å²) in [6, 6.07) is 14.1. The molecule has 1 aliphatic rings. The zero-order valence-electron chi connectivity index (χ0n) is 28.5. The number of rotatable bonds is 9. The summed E-state index contributed by atoms with van der Waals surface area (Å²) in [5.74, 6) is -7.20. The molecule has 2 aromatic heterocycles. The molecule has 3 aromatic carbocycles. The quantitative estimate of drug-likeness (QED) is 0.117. The normalized spacial score (nSPS) is 17.7. The number of aromatic nitrogens is 4. The third-order valence-corrected chi connectivity index (χ3v) is 9.78. The van der Waals surface area contributed by atoms with Crippen LogP contribution >= 0.6 is 0 Å². The van der Waals surface area contributed by atoms with Gasteiger partial charge in [0, 0.05) is 11.8 Å². The van der Waals surface area contributed by atoms with E-state index in [4.69, 9.17) is 16.5 Å². The second kappa shape index (κ2) is 13.8. The minimum Gasteiger partial charge on any atom is -0.342 e. The zero-order chi connectivity index (χ0) is 36.8. The number of nitrogens with two attached hydrogens (primary N) is 2. The van der Waals surface area contributed by atoms with E-state index in [1.54, 1.807) is 0 Å². The van der Waals surface area contributed by atoms with Gasteiger partial charge in [0.25, 0.3) is 5.91 Å². The molecule has 2 amide bonds. The third kappa shape index (κ3) is 7.11. The van der Waals surface area contributed by atoms with Gasteiger partial charge in [-0.3, -0.25) is 9.59 Å². The van der Waals surface area contributed by atoms with Gasteiger partial charge in [0.15, 0.2) is 5.82 Å². The van der Waals surface area contributed by atoms with Crippen LogP contribution in [0.1, 0.15) is 68.2 Å². The smallest absolute Gasteiger partial charge is 0.342 e. The Hall–Kier alpha value is -4.69. The highest BCUT2D eigenvalue weighted by Crippen LogP contribution is 2.43. The molecule has 0 unspecified atom stereocenters. The van der Waals surface area contributed by atoms with E-state index in [0.717, 1.165) is 44.0 Å². The minimum atomic E-state index is -5.88. The minimum absolute atomic E-state index is 0.0142. The summed E-state index contributed by atoms with van der Waals surface area (Å²) < 4.78 is 67.4. The number of aromatic amines is 2. The van der Waals surface area contributed by atoms with E-state index >= 15 is 0 Å². The number of nitrogens with one attached hydrogen (secondary N) is 2. The number of imidazole rings is 2. The molecule has 0 spiro atoms. The fraction of sp³-hybridized carbons (Fsp3) is 0.405. The van der Waals surface area contributed by atoms with Crippen LogP contribution in [0.5, 0.6) is 0 Å². The average Bonchev–Trinajstić information content (AvgIpc) is 3.72. The second-order valence-electron chi connectivity index (χ2n) is 13.8. The van der Waals surface area contributed by atoms with Crippen molar-refractivity contribution in [1.82, 2.24) is 19.9 Å². The second-order valence-corrected chi connectivity index (χ2v) is 13.8. The summed E-state index contributed by atoms with van der Waals surface area (Å²) in [5.41, 5.74) is 17.4. The number of imide groups is 1. The predicted molar refractivity (Wildman–Crippen MR) is 185 cm³/mol. The van der Waals surface area contributed by atoms with Crippen LogP contribution in [0.15, 0.2) is 54.6 Å². The van der Waals surface area contributed by atoms with Crippen LogP contribution in [0, 0.1) is 18.8 Å². The predicted octanol–water partition coefficient (Wildman–Crippen LogP) is 7.39. The molecule has 0 bridgehead atoms. The molecule has 2 heterocycles. The molecule has 9 nitrogen and oxygen atoms in total. The first-order valence-electron chi connectivity index (χ1n) is 16.9. The van der Waals surface area contributed by atoms with Crippen molar-refractivity contribution in [3.63, 3.8) is 0 Å². The molecule has 5 aromatic rings. The Kier molecular flexibility index (Phi) is 9.77. The van der Waals surface area contributed by atoms with Crippen LogP contribution in [0.4, 0.5) is 27.6 Å². The molecule has 270 valence electrons. The van der Waals surface area contributed by atoms with Crippen LogP contribution in [-0.2, 0) is 21.9 Å². The van der Waals surface area contributed by atoms with Crippen molar-refractivity contribution in [3.8, 4) is 11.1 Å². The molecule has 6 N–H and O–H groups in total. The monoisotopic (exact) mass is 709 g/mol. The van der Waals surface area contributed by atoms with E-state index in [2.05, 4.69) is 29.9 Å². The number of hydrogen-bond acceptors (Lipinski definition) is 6. The Morgan fingerprint density at radius 2 is 1.57 bits per heavy atom. The summed E-state index contributed by atoms with van der Waals surface area (Å²) in [6.45, 7) is 6.64. The molecule has 14 heteroatoms. The van der Waals surface area contributed by atoms with Gasteiger partial charge in [-0.25, -0.2) is 14.9 Å². The van der Waals surface area contributed by atoms with Crippen LogP contribution in [-0.4, -0.2) is 50.5 Å². The van der Waals surface area contributed by atoms with Gasteiger partial charge in [-0.05, 0) is 104 Å². The summed E-state index contributed by atoms with van der Waals surface area (Å²) in [5, 5.41) is 0. The van der Waals surface area contributed by atoms with Gasteiger partial charge in [-0.15, -0.1) is 0 Å². The Morgan fingerprint density at radius 3 is 2.20 bits per heavy atom. The van der Waals surface area contributed by atoms with Crippen molar-refractivity contribution in [2.75, 3.05) is 11.4 Å². The first kappa shape index (κ1) is 36.1. The molecule has 0 aliphatic heterocycles. The van der Waals surface area contributed by atoms with Crippen molar-refractivity contribution in [2.45, 2.75) is 76.9 Å². The van der Waals surface area contributed by atoms with E-state index in [-0.39, 0.29) is 35.0 Å². The van der Waals surface area contributed by atoms with Gasteiger partial charge in [-0.2, -0.15) is 22.0 Å². The summed E-state index contributed by atoms with van der Waals surface area (Å²) in [4.78, 5) is 42.5. The van der Waals surface area contributed by atoms with Gasteiger partial charge in [0.1, 0.15) is 5.82 Å². The summed E-state index contributed by atoms with van der Waals surface area (Å²) >= 11 is 0. The van der Waals surface area contributed by atoms with E-state index < -0.39 is 41.7 Å². The average molecular weight is 710 g/mol. The first-order valence-corrected chi connectivity index (χ1v) is 16.9. The van der Waals surface area contributed by atoms with Gasteiger partial charge >= 0.3 is 12.1 Å². The van der Waals surface area contributed by atoms with Crippen molar-refractivity contribution in [1.29, 1.82) is 0 Å². The lowest BCUT2D eigenvalue weighted by atomic mass is 9.81. The van der Waals surface area contributed by atoms with E-state index in [1.807, 2.05) is 42.2 Å². The van der Waals surface area contributed by atoms with Crippen molar-refractivity contribution in [3.05, 3.63) is 77.4 Å². The lowest BCUT2D eigenvalue weighted by molar-refractivity contribution is -0.292. The van der Waals surface area contributed by atoms with Gasteiger partial charge in [-0.1, -0.05) is 38.1 Å². The number of anilines is 1. The van der Waals surface area contributed by atoms with Crippen LogP contribution in [0.3, 0.4) is 0 Å². The molecular weight excluding hydrogens is 669 g/mol. The number of nitrogens with zero attached hydrogens (tertiary/aromatic N) is 3. The van der Waals surface area contributed by atoms with E-state index in [0.29, 0.717) is 32.2 Å². The zero-order valence-corrected chi connectivity index (χ0v) is 28.5. The lowest BCUT2D eigenvalue weighted by Gasteiger charge is -2.32. The number of carbonyl (C=O) groups excluding carboxylic acids is 2. The van der Waals surface area contributed by atoms with Crippen molar-refractivity contribution >= 4 is 39.6 Å². The number of amides is 2. The molecule has 6 rings (SSSR count). The number of H-pyrrole nitrogens is 2. The fourth-order valence-corrected chi connectivity index (χ4v) is 6.71. The van der Waals surface area contributed by atoms with Gasteiger partial charge in [0.05, 0.1) is 33.8 Å². The Bertz CT molecular complexity index is 2060. The van der Waals surface area contributed by atoms with Gasteiger partial charge < -0.3 is 21.4 Å². The topological polar surface area (TPSA) is 147 Å². The standard InChI is InChI=1S/C37H40F5N7O2/c1-19(2)32-45-29-14-20(3)26(17-31(29)46-32)23-8-4-21(5-9-23)15-27(44)34(51)49(33(50)24-10-6-22(18-43)7-11-24)25-12-13-28-30(16-25)48-35(47-28)36(38,39)37(40,41)42/h4-5,8-9,12-14,16-17,19,22,24,27H,6-7,10-11,15,18,43-44H2,1-3H3,(H,45,46)(H,47,48)/t22?,24?,27-/m0/s1. The highest BCUT2D eigenvalue weighted by Gasteiger charge is 2.61. The maximum atomic E-state index is 14.1. The van der Waals surface area contributed by atoms with Crippen molar-refractivity contribution in [2.24, 2.45) is 23.3 Å². The van der Waals surface area contributed by atoms with Crippen molar-refractivity contribution < 1.29 is 31.5 Å². The lowest BCUT2D eigenvalue weighted by Crippen LogP contribution is -2.50. The van der Waals surface area contributed by atoms with E-state index in [1.165, 1.54) is 18.2 Å². The number of hydrogen-bond donors (Lipinski definition) is 4. The Morgan fingerprint density at radius 1 is 0.902 bits per heavy atom. The number of alkyl halides is 5. The Labute approximate surface area is 291 Å². The first-order chi connectivity index (χ1) is 24.1. The number of fused-ring (bicyclic) bond motifs is 2. The number of benzene rings is 3. The molecule has 0 saturated heterocycles. The largest absolute Gasteiger partial charge is 0.461 e. The number of aryl methyl sites for hydroxylation is 1. The Balaban J connectivity index is 1.27. The van der Waals surface area contributed by atoms with Gasteiger partial charge in [0.2, 0.25) is 5.91 Å². The molecule has 1 fully saturated rings. The SMILES string of the molecule is Cc1cc2[nH]c(C(C)C)nc2cc1-c1ccc(C[C@H](N)C(=O)N(C(=O)C2CCC(CN)CC2)c2ccc3nc(C(F)(F)C(F)(F)F)[nH]c3c2)cc1. The summed E-state index contributed by atoms with van der Waals surface area (Å²) in [7, 11) is 0. The molecule has 0 radical (unpaired) electrons. The maximum absolute atomic E-state index is 14.1. The molecule has 1 atom stereocenters. The molecule has 51 heavy (non-hydrogen) atoms. The third-order valence-electron chi connectivity index (χ3n) is 9.78. The molecule has 1 saturated carbocycles. The maximum Gasteiger partial charge on any atom is 0.461 e. The number of carbonyl (C=O) groups is 2. The molecular formula is C37H40F5N7O2. The van der Waals surface area contributed by atoms with Crippen LogP contribution in [0.25, 0.3) is 33.2 Å². The van der Waals surface area contributed by atoms with E-state index in [9.17, 15) is 31.5 Å². The van der Waals surface area contributed by atoms with Crippen LogP contribution in [0.2, 0.25) is 0 Å². The fourth-order valence-electron chi connectivity index (χ4n) is 6.71.